The molecule has 282 valence electrons. The van der Waals surface area contributed by atoms with Crippen LogP contribution in [0.25, 0.3) is 16.5 Å². The number of rotatable bonds is 12. The maximum atomic E-state index is 13.5. The third-order valence-corrected chi connectivity index (χ3v) is 9.38. The topological polar surface area (TPSA) is 148 Å². The van der Waals surface area contributed by atoms with Gasteiger partial charge in [-0.05, 0) is 56.2 Å². The van der Waals surface area contributed by atoms with E-state index >= 15 is 0 Å². The summed E-state index contributed by atoms with van der Waals surface area (Å²) in [7, 11) is 0. The molecule has 0 radical (unpaired) electrons. The number of nitrogens with one attached hydrogen (secondary N) is 4. The summed E-state index contributed by atoms with van der Waals surface area (Å²) in [6.45, 7) is 10.7. The molecule has 1 saturated heterocycles. The molecule has 2 unspecified atom stereocenters. The van der Waals surface area contributed by atoms with Crippen molar-refractivity contribution < 1.29 is 19.1 Å². The molecule has 0 aliphatic carbocycles. The van der Waals surface area contributed by atoms with Crippen LogP contribution < -0.4 is 26.0 Å². The Morgan fingerprint density at radius 2 is 1.69 bits per heavy atom. The van der Waals surface area contributed by atoms with Crippen LogP contribution >= 0.6 is 0 Å². The number of carbonyl (C=O) groups is 2. The lowest BCUT2D eigenvalue weighted by atomic mass is 10.1. The van der Waals surface area contributed by atoms with Gasteiger partial charge >= 0.3 is 6.03 Å². The normalized spacial score (nSPS) is 15.0. The van der Waals surface area contributed by atoms with E-state index in [4.69, 9.17) is 14.6 Å². The van der Waals surface area contributed by atoms with Gasteiger partial charge in [0.1, 0.15) is 17.7 Å². The van der Waals surface area contributed by atoms with Gasteiger partial charge in [-0.15, -0.1) is 0 Å². The molecule has 0 spiro atoms. The van der Waals surface area contributed by atoms with E-state index in [2.05, 4.69) is 56.9 Å². The number of urea groups is 1. The standard InChI is InChI=1S/C42H45N9O4/c1-27(2)35-24-38(51(49-35)31-16-14-28(3)15-17-31)47-42(53)44-34-18-19-36(33-13-9-8-12-32(33)34)55-39-20-21-43-41(48-39)46-37(25-50-22-23-54-26-29(50)4)45-40(52)30-10-6-5-7-11-30/h5-21,24,27,29,37H,22-23,25-26H2,1-4H3,(H,45,52)(H,43,46,48)(H2,44,47,53). The van der Waals surface area contributed by atoms with Crippen LogP contribution in [0.15, 0.2) is 109 Å². The summed E-state index contributed by atoms with van der Waals surface area (Å²) in [6, 6.07) is 31.7. The molecule has 3 heterocycles. The molecular weight excluding hydrogens is 695 g/mol. The fraction of sp³-hybridized carbons (Fsp3) is 0.262. The molecule has 2 aromatic heterocycles. The Balaban J connectivity index is 1.08. The molecule has 55 heavy (non-hydrogen) atoms. The van der Waals surface area contributed by atoms with E-state index in [9.17, 15) is 9.59 Å². The second-order valence-electron chi connectivity index (χ2n) is 13.9. The van der Waals surface area contributed by atoms with Crippen molar-refractivity contribution in [3.05, 3.63) is 126 Å². The first-order chi connectivity index (χ1) is 26.7. The Morgan fingerprint density at radius 1 is 0.927 bits per heavy atom. The average Bonchev–Trinajstić information content (AvgIpc) is 3.61. The van der Waals surface area contributed by atoms with Crippen LogP contribution in [0.2, 0.25) is 0 Å². The van der Waals surface area contributed by atoms with E-state index in [0.717, 1.165) is 34.3 Å². The maximum absolute atomic E-state index is 13.5. The lowest BCUT2D eigenvalue weighted by Gasteiger charge is -2.36. The number of aryl methyl sites for hydroxylation is 1. The second-order valence-corrected chi connectivity index (χ2v) is 13.9. The van der Waals surface area contributed by atoms with E-state index in [1.165, 1.54) is 0 Å². The van der Waals surface area contributed by atoms with Gasteiger partial charge in [0.15, 0.2) is 0 Å². The summed E-state index contributed by atoms with van der Waals surface area (Å²) in [5, 5.41) is 18.7. The quantitative estimate of drug-likeness (QED) is 0.0933. The summed E-state index contributed by atoms with van der Waals surface area (Å²) >= 11 is 0. The minimum atomic E-state index is -0.506. The largest absolute Gasteiger partial charge is 0.438 e. The van der Waals surface area contributed by atoms with Crippen molar-refractivity contribution in [2.45, 2.75) is 45.8 Å². The van der Waals surface area contributed by atoms with Crippen molar-refractivity contribution in [1.29, 1.82) is 0 Å². The fourth-order valence-corrected chi connectivity index (χ4v) is 6.36. The Bertz CT molecular complexity index is 2260. The molecule has 2 atom stereocenters. The zero-order chi connectivity index (χ0) is 38.3. The summed E-state index contributed by atoms with van der Waals surface area (Å²) in [6.07, 6.45) is 1.10. The van der Waals surface area contributed by atoms with E-state index in [1.54, 1.807) is 41.2 Å². The third kappa shape index (κ3) is 9.08. The molecule has 4 aromatic carbocycles. The predicted molar refractivity (Wildman–Crippen MR) is 214 cm³/mol. The van der Waals surface area contributed by atoms with Crippen LogP contribution in [0.3, 0.4) is 0 Å². The molecule has 1 aliphatic rings. The number of hydrogen-bond acceptors (Lipinski definition) is 9. The Morgan fingerprint density at radius 3 is 2.45 bits per heavy atom. The first-order valence-corrected chi connectivity index (χ1v) is 18.4. The van der Waals surface area contributed by atoms with Crippen LogP contribution in [0.4, 0.5) is 22.2 Å². The first-order valence-electron chi connectivity index (χ1n) is 18.4. The average molecular weight is 740 g/mol. The van der Waals surface area contributed by atoms with Crippen molar-refractivity contribution in [3.8, 4) is 17.3 Å². The number of morpholine rings is 1. The number of benzene rings is 4. The number of ether oxygens (including phenoxy) is 2. The highest BCUT2D eigenvalue weighted by Crippen LogP contribution is 2.34. The van der Waals surface area contributed by atoms with E-state index in [0.29, 0.717) is 54.4 Å². The summed E-state index contributed by atoms with van der Waals surface area (Å²) < 4.78 is 13.7. The van der Waals surface area contributed by atoms with Gasteiger partial charge in [-0.25, -0.2) is 14.5 Å². The van der Waals surface area contributed by atoms with Gasteiger partial charge in [-0.1, -0.05) is 74.0 Å². The van der Waals surface area contributed by atoms with Gasteiger partial charge in [-0.2, -0.15) is 10.1 Å². The van der Waals surface area contributed by atoms with Gasteiger partial charge in [-0.3, -0.25) is 15.0 Å². The second kappa shape index (κ2) is 16.8. The van der Waals surface area contributed by atoms with Crippen molar-refractivity contribution in [1.82, 2.24) is 30.0 Å². The SMILES string of the molecule is Cc1ccc(-n2nc(C(C)C)cc2NC(=O)Nc2ccc(Oc3ccnc(NC(CN4CCOCC4C)NC(=O)c4ccccc4)n3)c3ccccc23)cc1. The summed E-state index contributed by atoms with van der Waals surface area (Å²) in [5.74, 6) is 1.66. The zero-order valence-electron chi connectivity index (χ0n) is 31.3. The van der Waals surface area contributed by atoms with Crippen LogP contribution in [-0.4, -0.2) is 75.1 Å². The van der Waals surface area contributed by atoms with Crippen molar-refractivity contribution in [3.63, 3.8) is 0 Å². The molecule has 3 amide bonds. The van der Waals surface area contributed by atoms with Crippen LogP contribution in [-0.2, 0) is 4.74 Å². The highest BCUT2D eigenvalue weighted by Gasteiger charge is 2.25. The van der Waals surface area contributed by atoms with E-state index in [-0.39, 0.29) is 17.9 Å². The maximum Gasteiger partial charge on any atom is 0.324 e. The van der Waals surface area contributed by atoms with E-state index in [1.807, 2.05) is 79.7 Å². The Kier molecular flexibility index (Phi) is 11.3. The number of aromatic nitrogens is 4. The highest BCUT2D eigenvalue weighted by atomic mass is 16.5. The smallest absolute Gasteiger partial charge is 0.324 e. The molecule has 0 saturated carbocycles. The predicted octanol–water partition coefficient (Wildman–Crippen LogP) is 7.57. The van der Waals surface area contributed by atoms with Gasteiger partial charge in [0.25, 0.3) is 5.91 Å². The molecule has 1 aliphatic heterocycles. The van der Waals surface area contributed by atoms with E-state index < -0.39 is 12.2 Å². The molecule has 4 N–H and O–H groups in total. The number of anilines is 3. The lowest BCUT2D eigenvalue weighted by Crippen LogP contribution is -2.53. The molecule has 13 heteroatoms. The Hall–Kier alpha value is -6.31. The molecular formula is C42H45N9O4. The van der Waals surface area contributed by atoms with Gasteiger partial charge < -0.3 is 25.4 Å². The molecule has 6 aromatic rings. The van der Waals surface area contributed by atoms with Crippen LogP contribution in [0, 0.1) is 6.92 Å². The minimum absolute atomic E-state index is 0.175. The number of fused-ring (bicyclic) bond motifs is 1. The highest BCUT2D eigenvalue weighted by molar-refractivity contribution is 6.07. The van der Waals surface area contributed by atoms with Gasteiger partial charge in [0.2, 0.25) is 11.8 Å². The monoisotopic (exact) mass is 739 g/mol. The van der Waals surface area contributed by atoms with Crippen LogP contribution in [0.5, 0.6) is 11.6 Å². The fourth-order valence-electron chi connectivity index (χ4n) is 6.36. The summed E-state index contributed by atoms with van der Waals surface area (Å²) in [4.78, 5) is 38.0. The molecule has 7 rings (SSSR count). The van der Waals surface area contributed by atoms with Crippen molar-refractivity contribution in [2.75, 3.05) is 42.3 Å². The number of nitrogens with zero attached hydrogens (tertiary/aromatic N) is 5. The molecule has 0 bridgehead atoms. The van der Waals surface area contributed by atoms with Gasteiger partial charge in [0.05, 0.1) is 30.3 Å². The number of carbonyl (C=O) groups excluding carboxylic acids is 2. The minimum Gasteiger partial charge on any atom is -0.438 e. The van der Waals surface area contributed by atoms with Gasteiger partial charge in [0, 0.05) is 53.8 Å². The Labute approximate surface area is 320 Å². The van der Waals surface area contributed by atoms with Crippen molar-refractivity contribution >= 4 is 40.2 Å². The van der Waals surface area contributed by atoms with Crippen LogP contribution in [0.1, 0.15) is 48.3 Å². The lowest BCUT2D eigenvalue weighted by molar-refractivity contribution is -0.00300. The third-order valence-electron chi connectivity index (χ3n) is 9.38. The van der Waals surface area contributed by atoms with Crippen molar-refractivity contribution in [2.24, 2.45) is 0 Å². The zero-order valence-corrected chi connectivity index (χ0v) is 31.3. The number of amides is 3. The number of hydrogen-bond donors (Lipinski definition) is 4. The molecule has 1 fully saturated rings. The molecule has 13 nitrogen and oxygen atoms in total. The summed E-state index contributed by atoms with van der Waals surface area (Å²) in [5.41, 5.74) is 4.01. The first kappa shape index (κ1) is 37.0.